The van der Waals surface area contributed by atoms with Gasteiger partial charge in [-0.2, -0.15) is 0 Å². The fourth-order valence-corrected chi connectivity index (χ4v) is 0.870. The molecule has 0 fully saturated rings. The summed E-state index contributed by atoms with van der Waals surface area (Å²) in [6, 6.07) is 0.338. The highest BCUT2D eigenvalue weighted by Crippen LogP contribution is 2.08. The van der Waals surface area contributed by atoms with Crippen molar-refractivity contribution in [1.29, 1.82) is 0 Å². The monoisotopic (exact) mass is 137 g/mol. The number of hydrogen-bond acceptors (Lipinski definition) is 2. The van der Waals surface area contributed by atoms with E-state index >= 15 is 0 Å². The van der Waals surface area contributed by atoms with E-state index < -0.39 is 0 Å². The highest BCUT2D eigenvalue weighted by atomic mass is 16.1. The zero-order valence-corrected chi connectivity index (χ0v) is 6.24. The number of carbonyl (C=O) groups is 1. The Morgan fingerprint density at radius 2 is 2.40 bits per heavy atom. The molecule has 0 aromatic rings. The van der Waals surface area contributed by atoms with Crippen molar-refractivity contribution in [1.82, 2.24) is 4.90 Å². The van der Waals surface area contributed by atoms with Crippen molar-refractivity contribution in [2.75, 3.05) is 7.05 Å². The van der Waals surface area contributed by atoms with E-state index in [4.69, 9.17) is 0 Å². The number of carbonyl (C=O) groups excluding carboxylic acids is 1. The van der Waals surface area contributed by atoms with Gasteiger partial charge in [-0.25, -0.2) is 0 Å². The fraction of sp³-hybridized carbons (Fsp3) is 0.375. The van der Waals surface area contributed by atoms with Crippen molar-refractivity contribution in [3.8, 4) is 0 Å². The molecule has 2 heteroatoms. The molecule has 0 radical (unpaired) electrons. The second kappa shape index (κ2) is 2.69. The summed E-state index contributed by atoms with van der Waals surface area (Å²) in [5, 5.41) is 0. The molecule has 1 rings (SSSR count). The predicted octanol–water partition coefficient (Wildman–Crippen LogP) is 0.959. The number of rotatable bonds is 1. The molecular weight excluding hydrogens is 126 g/mol. The zero-order valence-electron chi connectivity index (χ0n) is 6.24. The van der Waals surface area contributed by atoms with Crippen LogP contribution in [-0.4, -0.2) is 24.3 Å². The van der Waals surface area contributed by atoms with Crippen LogP contribution in [-0.2, 0) is 4.79 Å². The molecule has 0 spiro atoms. The van der Waals surface area contributed by atoms with Gasteiger partial charge in [-0.3, -0.25) is 4.79 Å². The van der Waals surface area contributed by atoms with Gasteiger partial charge in [-0.1, -0.05) is 6.08 Å². The van der Waals surface area contributed by atoms with Crippen molar-refractivity contribution in [3.63, 3.8) is 0 Å². The summed E-state index contributed by atoms with van der Waals surface area (Å²) in [7, 11) is 1.99. The number of aldehydes is 1. The van der Waals surface area contributed by atoms with Gasteiger partial charge in [0.05, 0.1) is 0 Å². The minimum atomic E-state index is 0.338. The minimum absolute atomic E-state index is 0.338. The lowest BCUT2D eigenvalue weighted by atomic mass is 10.1. The maximum Gasteiger partial charge on any atom is 0.149 e. The second-order valence-electron chi connectivity index (χ2n) is 2.51. The third kappa shape index (κ3) is 1.26. The molecule has 0 aromatic heterocycles. The smallest absolute Gasteiger partial charge is 0.149 e. The standard InChI is InChI=1S/C8H11NO/c1-7-5-8(6-10)3-4-9(7)2/h3-7H,1-2H3. The fourth-order valence-electron chi connectivity index (χ4n) is 0.870. The Morgan fingerprint density at radius 3 is 2.90 bits per heavy atom. The van der Waals surface area contributed by atoms with Gasteiger partial charge in [0, 0.05) is 18.7 Å². The Labute approximate surface area is 60.8 Å². The lowest BCUT2D eigenvalue weighted by Gasteiger charge is -2.23. The first-order chi connectivity index (χ1) is 4.74. The molecule has 1 aliphatic rings. The highest BCUT2D eigenvalue weighted by molar-refractivity contribution is 5.77. The third-order valence-electron chi connectivity index (χ3n) is 1.71. The predicted molar refractivity (Wildman–Crippen MR) is 40.5 cm³/mol. The molecule has 1 unspecified atom stereocenters. The summed E-state index contributed by atoms with van der Waals surface area (Å²) >= 11 is 0. The van der Waals surface area contributed by atoms with Crippen molar-refractivity contribution in [3.05, 3.63) is 23.9 Å². The third-order valence-corrected chi connectivity index (χ3v) is 1.71. The molecule has 1 heterocycles. The van der Waals surface area contributed by atoms with Crippen LogP contribution in [0.25, 0.3) is 0 Å². The van der Waals surface area contributed by atoms with Crippen molar-refractivity contribution in [2.24, 2.45) is 0 Å². The molecule has 1 aliphatic heterocycles. The number of likely N-dealkylation sites (N-methyl/N-ethyl adjacent to an activating group) is 1. The van der Waals surface area contributed by atoms with Gasteiger partial charge in [0.2, 0.25) is 0 Å². The van der Waals surface area contributed by atoms with Crippen LogP contribution >= 0.6 is 0 Å². The molecule has 2 nitrogen and oxygen atoms in total. The molecular formula is C8H11NO. The highest BCUT2D eigenvalue weighted by Gasteiger charge is 2.06. The minimum Gasteiger partial charge on any atom is -0.374 e. The van der Waals surface area contributed by atoms with Gasteiger partial charge in [-0.05, 0) is 19.2 Å². The summed E-state index contributed by atoms with van der Waals surface area (Å²) in [5.41, 5.74) is 0.769. The van der Waals surface area contributed by atoms with Crippen molar-refractivity contribution < 1.29 is 4.79 Å². The van der Waals surface area contributed by atoms with Gasteiger partial charge in [0.25, 0.3) is 0 Å². The van der Waals surface area contributed by atoms with Crippen LogP contribution < -0.4 is 0 Å². The van der Waals surface area contributed by atoms with E-state index in [1.165, 1.54) is 0 Å². The molecule has 0 saturated heterocycles. The van der Waals surface area contributed by atoms with Gasteiger partial charge in [0.1, 0.15) is 6.29 Å². The van der Waals surface area contributed by atoms with E-state index in [1.54, 1.807) is 0 Å². The average Bonchev–Trinajstić information content (AvgIpc) is 1.95. The van der Waals surface area contributed by atoms with Crippen LogP contribution in [0, 0.1) is 0 Å². The number of allylic oxidation sites excluding steroid dienone is 2. The van der Waals surface area contributed by atoms with Crippen LogP contribution in [0.2, 0.25) is 0 Å². The van der Waals surface area contributed by atoms with E-state index in [0.717, 1.165) is 11.9 Å². The lowest BCUT2D eigenvalue weighted by Crippen LogP contribution is -2.24. The van der Waals surface area contributed by atoms with Crippen LogP contribution in [0.3, 0.4) is 0 Å². The Hall–Kier alpha value is -1.05. The molecule has 0 amide bonds. The first-order valence-corrected chi connectivity index (χ1v) is 3.31. The van der Waals surface area contributed by atoms with E-state index in [2.05, 4.69) is 0 Å². The van der Waals surface area contributed by atoms with Crippen LogP contribution in [0.5, 0.6) is 0 Å². The Kier molecular flexibility index (Phi) is 1.90. The molecule has 0 bridgehead atoms. The van der Waals surface area contributed by atoms with Crippen molar-refractivity contribution in [2.45, 2.75) is 13.0 Å². The normalized spacial score (nSPS) is 24.4. The molecule has 0 aliphatic carbocycles. The average molecular weight is 137 g/mol. The quantitative estimate of drug-likeness (QED) is 0.502. The van der Waals surface area contributed by atoms with E-state index in [0.29, 0.717) is 6.04 Å². The van der Waals surface area contributed by atoms with E-state index in [9.17, 15) is 4.79 Å². The lowest BCUT2D eigenvalue weighted by molar-refractivity contribution is -0.104. The Balaban J connectivity index is 2.75. The maximum atomic E-state index is 10.3. The maximum absolute atomic E-state index is 10.3. The molecule has 10 heavy (non-hydrogen) atoms. The number of hydrogen-bond donors (Lipinski definition) is 0. The van der Waals surface area contributed by atoms with E-state index in [1.807, 2.05) is 37.2 Å². The summed E-state index contributed by atoms with van der Waals surface area (Å²) in [4.78, 5) is 12.3. The zero-order chi connectivity index (χ0) is 7.56. The van der Waals surface area contributed by atoms with Crippen LogP contribution in [0.1, 0.15) is 6.92 Å². The van der Waals surface area contributed by atoms with Gasteiger partial charge in [0.15, 0.2) is 0 Å². The number of nitrogens with zero attached hydrogens (tertiary/aromatic N) is 1. The Morgan fingerprint density at radius 1 is 1.70 bits per heavy atom. The van der Waals surface area contributed by atoms with Crippen LogP contribution in [0.15, 0.2) is 23.9 Å². The van der Waals surface area contributed by atoms with Gasteiger partial charge >= 0.3 is 0 Å². The summed E-state index contributed by atoms with van der Waals surface area (Å²) in [5.74, 6) is 0. The molecule has 1 atom stereocenters. The molecule has 0 N–H and O–H groups in total. The summed E-state index contributed by atoms with van der Waals surface area (Å²) in [6.45, 7) is 2.05. The van der Waals surface area contributed by atoms with Gasteiger partial charge in [-0.15, -0.1) is 0 Å². The molecule has 54 valence electrons. The summed E-state index contributed by atoms with van der Waals surface area (Å²) < 4.78 is 0. The second-order valence-corrected chi connectivity index (χ2v) is 2.51. The van der Waals surface area contributed by atoms with Gasteiger partial charge < -0.3 is 4.90 Å². The largest absolute Gasteiger partial charge is 0.374 e. The molecule has 0 aromatic carbocycles. The summed E-state index contributed by atoms with van der Waals surface area (Å²) in [6.07, 6.45) is 6.54. The topological polar surface area (TPSA) is 20.3 Å². The van der Waals surface area contributed by atoms with Crippen LogP contribution in [0.4, 0.5) is 0 Å². The SMILES string of the molecule is CC1C=C(C=O)C=CN1C. The van der Waals surface area contributed by atoms with Crippen molar-refractivity contribution >= 4 is 6.29 Å². The Bertz CT molecular complexity index is 193. The first kappa shape index (κ1) is 7.06. The molecule has 0 saturated carbocycles. The van der Waals surface area contributed by atoms with E-state index in [-0.39, 0.29) is 0 Å². The first-order valence-electron chi connectivity index (χ1n) is 3.31.